The Labute approximate surface area is 182 Å². The molecule has 2 aromatic carbocycles. The predicted molar refractivity (Wildman–Crippen MR) is 126 cm³/mol. The van der Waals surface area contributed by atoms with Crippen LogP contribution in [-0.4, -0.2) is 5.97 Å². The van der Waals surface area contributed by atoms with E-state index in [4.69, 9.17) is 4.74 Å². The molecule has 0 radical (unpaired) electrons. The van der Waals surface area contributed by atoms with Crippen molar-refractivity contribution < 1.29 is 9.53 Å². The third-order valence-electron chi connectivity index (χ3n) is 6.08. The van der Waals surface area contributed by atoms with Crippen molar-refractivity contribution in [3.05, 3.63) is 60.2 Å². The van der Waals surface area contributed by atoms with Crippen molar-refractivity contribution >= 4 is 11.5 Å². The number of unbranched alkanes of at least 4 members (excludes halogenated alkanes) is 5. The average Bonchev–Trinajstić information content (AvgIpc) is 2.77. The van der Waals surface area contributed by atoms with Gasteiger partial charge in [-0.15, -0.1) is 0 Å². The molecular formula is C28H36O2. The summed E-state index contributed by atoms with van der Waals surface area (Å²) in [6.45, 7) is 4.54. The number of benzene rings is 2. The van der Waals surface area contributed by atoms with Gasteiger partial charge in [-0.25, -0.2) is 0 Å². The fraction of sp³-hybridized carbons (Fsp3) is 0.464. The molecule has 1 atom stereocenters. The summed E-state index contributed by atoms with van der Waals surface area (Å²) >= 11 is 0. The van der Waals surface area contributed by atoms with E-state index in [1.807, 2.05) is 24.3 Å². The van der Waals surface area contributed by atoms with E-state index in [2.05, 4.69) is 44.2 Å². The Bertz CT molecular complexity index is 815. The molecule has 0 aliphatic heterocycles. The first kappa shape index (κ1) is 22.3. The first-order valence-corrected chi connectivity index (χ1v) is 11.8. The summed E-state index contributed by atoms with van der Waals surface area (Å²) in [4.78, 5) is 12.0. The van der Waals surface area contributed by atoms with Gasteiger partial charge in [-0.1, -0.05) is 88.4 Å². The molecule has 0 heterocycles. The largest absolute Gasteiger partial charge is 0.427 e. The predicted octanol–water partition coefficient (Wildman–Crippen LogP) is 8.21. The maximum absolute atomic E-state index is 12.0. The van der Waals surface area contributed by atoms with Crippen molar-refractivity contribution in [1.82, 2.24) is 0 Å². The van der Waals surface area contributed by atoms with Gasteiger partial charge < -0.3 is 4.74 Å². The van der Waals surface area contributed by atoms with Crippen LogP contribution in [-0.2, 0) is 4.79 Å². The van der Waals surface area contributed by atoms with E-state index < -0.39 is 0 Å². The maximum atomic E-state index is 12.0. The molecule has 0 saturated heterocycles. The molecule has 2 aromatic rings. The summed E-state index contributed by atoms with van der Waals surface area (Å²) in [6, 6.07) is 16.7. The quantitative estimate of drug-likeness (QED) is 0.226. The van der Waals surface area contributed by atoms with Crippen molar-refractivity contribution in [2.24, 2.45) is 5.92 Å². The minimum Gasteiger partial charge on any atom is -0.427 e. The molecule has 0 spiro atoms. The molecule has 2 heteroatoms. The molecule has 0 fully saturated rings. The second kappa shape index (κ2) is 11.7. The lowest BCUT2D eigenvalue weighted by molar-refractivity contribution is -0.134. The zero-order valence-corrected chi connectivity index (χ0v) is 18.7. The van der Waals surface area contributed by atoms with Gasteiger partial charge in [0.15, 0.2) is 0 Å². The number of hydrogen-bond acceptors (Lipinski definition) is 2. The summed E-state index contributed by atoms with van der Waals surface area (Å²) in [5, 5.41) is 0. The number of allylic oxidation sites excluding steroid dienone is 2. The van der Waals surface area contributed by atoms with E-state index in [1.54, 1.807) is 0 Å². The lowest BCUT2D eigenvalue weighted by Gasteiger charge is -2.18. The van der Waals surface area contributed by atoms with Crippen molar-refractivity contribution in [3.8, 4) is 16.9 Å². The first-order valence-electron chi connectivity index (χ1n) is 11.8. The molecule has 3 rings (SSSR count). The Balaban J connectivity index is 1.48. The van der Waals surface area contributed by atoms with Crippen LogP contribution in [0, 0.1) is 5.92 Å². The number of rotatable bonds is 10. The molecule has 0 saturated carbocycles. The molecule has 160 valence electrons. The van der Waals surface area contributed by atoms with Crippen LogP contribution in [0.25, 0.3) is 16.7 Å². The zero-order valence-electron chi connectivity index (χ0n) is 18.7. The van der Waals surface area contributed by atoms with Crippen molar-refractivity contribution in [3.63, 3.8) is 0 Å². The third kappa shape index (κ3) is 6.86. The molecule has 0 amide bonds. The van der Waals surface area contributed by atoms with Gasteiger partial charge in [0.1, 0.15) is 5.75 Å². The number of carbonyl (C=O) groups is 1. The van der Waals surface area contributed by atoms with Gasteiger partial charge in [0.25, 0.3) is 0 Å². The number of ether oxygens (including phenoxy) is 1. The summed E-state index contributed by atoms with van der Waals surface area (Å²) in [5.41, 5.74) is 5.15. The van der Waals surface area contributed by atoms with E-state index >= 15 is 0 Å². The van der Waals surface area contributed by atoms with Gasteiger partial charge >= 0.3 is 5.97 Å². The van der Waals surface area contributed by atoms with Crippen LogP contribution >= 0.6 is 0 Å². The molecule has 1 unspecified atom stereocenters. The molecule has 2 nitrogen and oxygen atoms in total. The number of esters is 1. The van der Waals surface area contributed by atoms with E-state index in [-0.39, 0.29) is 5.97 Å². The van der Waals surface area contributed by atoms with Crippen LogP contribution in [0.3, 0.4) is 0 Å². The minimum absolute atomic E-state index is 0.127. The van der Waals surface area contributed by atoms with E-state index in [0.717, 1.165) is 24.3 Å². The van der Waals surface area contributed by atoms with Gasteiger partial charge in [-0.05, 0) is 66.0 Å². The smallest absolute Gasteiger partial charge is 0.311 e. The second-order valence-electron chi connectivity index (χ2n) is 8.70. The fourth-order valence-corrected chi connectivity index (χ4v) is 4.05. The average molecular weight is 405 g/mol. The van der Waals surface area contributed by atoms with E-state index in [0.29, 0.717) is 12.2 Å². The molecular weight excluding hydrogens is 368 g/mol. The number of carbonyl (C=O) groups excluding carboxylic acids is 1. The maximum Gasteiger partial charge on any atom is 0.311 e. The Morgan fingerprint density at radius 1 is 0.867 bits per heavy atom. The van der Waals surface area contributed by atoms with Crippen LogP contribution < -0.4 is 4.74 Å². The van der Waals surface area contributed by atoms with Gasteiger partial charge in [0, 0.05) is 6.42 Å². The van der Waals surface area contributed by atoms with E-state index in [9.17, 15) is 4.79 Å². The van der Waals surface area contributed by atoms with Gasteiger partial charge in [0.05, 0.1) is 0 Å². The van der Waals surface area contributed by atoms with E-state index in [1.165, 1.54) is 61.6 Å². The highest BCUT2D eigenvalue weighted by molar-refractivity contribution is 5.73. The molecule has 1 aliphatic carbocycles. The molecule has 1 aliphatic rings. The van der Waals surface area contributed by atoms with Crippen LogP contribution in [0.4, 0.5) is 0 Å². The van der Waals surface area contributed by atoms with Crippen molar-refractivity contribution in [2.75, 3.05) is 0 Å². The zero-order chi connectivity index (χ0) is 21.2. The monoisotopic (exact) mass is 404 g/mol. The Hall–Kier alpha value is -2.35. The normalized spacial score (nSPS) is 16.2. The summed E-state index contributed by atoms with van der Waals surface area (Å²) in [5.74, 6) is 1.32. The Morgan fingerprint density at radius 2 is 1.47 bits per heavy atom. The third-order valence-corrected chi connectivity index (χ3v) is 6.08. The Morgan fingerprint density at radius 3 is 2.10 bits per heavy atom. The highest BCUT2D eigenvalue weighted by Gasteiger charge is 2.11. The summed E-state index contributed by atoms with van der Waals surface area (Å²) in [6.07, 6.45) is 13.6. The summed E-state index contributed by atoms with van der Waals surface area (Å²) < 4.78 is 5.49. The van der Waals surface area contributed by atoms with Crippen molar-refractivity contribution in [2.45, 2.75) is 78.1 Å². The Kier molecular flexibility index (Phi) is 8.74. The highest BCUT2D eigenvalue weighted by Crippen LogP contribution is 2.31. The van der Waals surface area contributed by atoms with Gasteiger partial charge in [-0.2, -0.15) is 0 Å². The van der Waals surface area contributed by atoms with Gasteiger partial charge in [0.2, 0.25) is 0 Å². The number of hydrogen-bond donors (Lipinski definition) is 0. The SMILES string of the molecule is CCCCCCCCC(=O)Oc1ccc(-c2ccc(C3=CCC(C)CC3)cc2)cc1. The second-order valence-corrected chi connectivity index (χ2v) is 8.70. The summed E-state index contributed by atoms with van der Waals surface area (Å²) in [7, 11) is 0. The molecule has 0 N–H and O–H groups in total. The highest BCUT2D eigenvalue weighted by atomic mass is 16.5. The van der Waals surface area contributed by atoms with Crippen molar-refractivity contribution in [1.29, 1.82) is 0 Å². The van der Waals surface area contributed by atoms with Gasteiger partial charge in [-0.3, -0.25) is 4.79 Å². The molecule has 0 aromatic heterocycles. The standard InChI is InChI=1S/C28H36O2/c1-3-4-5-6-7-8-9-28(29)30-27-20-18-26(19-21-27)25-16-14-24(15-17-25)23-12-10-22(2)11-13-23/h12,14-22H,3-11,13H2,1-2H3. The first-order chi connectivity index (χ1) is 14.7. The molecule has 0 bridgehead atoms. The minimum atomic E-state index is -0.127. The van der Waals surface area contributed by atoms with Crippen LogP contribution in [0.15, 0.2) is 54.6 Å². The van der Waals surface area contributed by atoms with Crippen LogP contribution in [0.1, 0.15) is 83.6 Å². The molecule has 30 heavy (non-hydrogen) atoms. The fourth-order valence-electron chi connectivity index (χ4n) is 4.05. The lowest BCUT2D eigenvalue weighted by atomic mass is 9.87. The van der Waals surface area contributed by atoms with Crippen LogP contribution in [0.2, 0.25) is 0 Å². The van der Waals surface area contributed by atoms with Crippen LogP contribution in [0.5, 0.6) is 5.75 Å². The lowest BCUT2D eigenvalue weighted by Crippen LogP contribution is -2.07. The topological polar surface area (TPSA) is 26.3 Å².